The second kappa shape index (κ2) is 12.1. The van der Waals surface area contributed by atoms with Gasteiger partial charge >= 0.3 is 0 Å². The van der Waals surface area contributed by atoms with Crippen LogP contribution in [0.3, 0.4) is 0 Å². The minimum atomic E-state index is 0.644. The van der Waals surface area contributed by atoms with E-state index < -0.39 is 0 Å². The molecular weight excluding hydrogens is 639 g/mol. The van der Waals surface area contributed by atoms with Gasteiger partial charge in [0.1, 0.15) is 0 Å². The van der Waals surface area contributed by atoms with Crippen molar-refractivity contribution in [3.63, 3.8) is 0 Å². The summed E-state index contributed by atoms with van der Waals surface area (Å²) in [4.78, 5) is 15.4. The van der Waals surface area contributed by atoms with E-state index in [2.05, 4.69) is 158 Å². The third kappa shape index (κ3) is 5.16. The van der Waals surface area contributed by atoms with Gasteiger partial charge in [0.05, 0.1) is 0 Å². The Hall–Kier alpha value is -6.49. The molecule has 10 aromatic rings. The van der Waals surface area contributed by atoms with Crippen molar-refractivity contribution in [3.8, 4) is 56.4 Å². The summed E-state index contributed by atoms with van der Waals surface area (Å²) in [5.41, 5.74) is 7.56. The lowest BCUT2D eigenvalue weighted by molar-refractivity contribution is 1.08. The number of hydrogen-bond donors (Lipinski definition) is 0. The average molecular weight is 668 g/mol. The first kappa shape index (κ1) is 29.4. The van der Waals surface area contributed by atoms with E-state index in [0.717, 1.165) is 38.6 Å². The number of hydrogen-bond acceptors (Lipinski definition) is 4. The summed E-state index contributed by atoms with van der Waals surface area (Å²) < 4.78 is 2.61. The van der Waals surface area contributed by atoms with Gasteiger partial charge in [0.15, 0.2) is 17.5 Å². The highest BCUT2D eigenvalue weighted by Gasteiger charge is 2.17. The molecular formula is C47H29N3S. The summed E-state index contributed by atoms with van der Waals surface area (Å²) in [6.07, 6.45) is 0. The first-order valence-electron chi connectivity index (χ1n) is 17.1. The fourth-order valence-electron chi connectivity index (χ4n) is 7.27. The molecule has 0 aliphatic heterocycles. The van der Waals surface area contributed by atoms with E-state index in [0.29, 0.717) is 17.5 Å². The lowest BCUT2D eigenvalue weighted by atomic mass is 9.91. The molecule has 0 N–H and O–H groups in total. The van der Waals surface area contributed by atoms with Crippen LogP contribution in [0.25, 0.3) is 98.1 Å². The zero-order chi connectivity index (χ0) is 33.7. The van der Waals surface area contributed by atoms with E-state index in [9.17, 15) is 0 Å². The zero-order valence-corrected chi connectivity index (χ0v) is 28.3. The molecule has 0 spiro atoms. The summed E-state index contributed by atoms with van der Waals surface area (Å²) in [7, 11) is 0. The van der Waals surface area contributed by atoms with Crippen LogP contribution < -0.4 is 0 Å². The molecule has 8 aromatic carbocycles. The van der Waals surface area contributed by atoms with Gasteiger partial charge in [-0.3, -0.25) is 0 Å². The quantitative estimate of drug-likeness (QED) is 0.183. The van der Waals surface area contributed by atoms with Crippen molar-refractivity contribution in [3.05, 3.63) is 176 Å². The Morgan fingerprint density at radius 1 is 0.314 bits per heavy atom. The largest absolute Gasteiger partial charge is 0.208 e. The van der Waals surface area contributed by atoms with Gasteiger partial charge < -0.3 is 0 Å². The Morgan fingerprint density at radius 3 is 1.67 bits per heavy atom. The lowest BCUT2D eigenvalue weighted by Gasteiger charge is -2.15. The molecule has 0 radical (unpaired) electrons. The number of fused-ring (bicyclic) bond motifs is 5. The highest BCUT2D eigenvalue weighted by atomic mass is 32.1. The van der Waals surface area contributed by atoms with E-state index in [1.165, 1.54) is 42.1 Å². The van der Waals surface area contributed by atoms with Gasteiger partial charge in [-0.2, -0.15) is 0 Å². The molecule has 2 heterocycles. The number of benzene rings is 8. The minimum absolute atomic E-state index is 0.644. The van der Waals surface area contributed by atoms with Crippen LogP contribution in [0.4, 0.5) is 0 Å². The number of nitrogens with zero attached hydrogens (tertiary/aromatic N) is 3. The Kier molecular flexibility index (Phi) is 7.00. The SMILES string of the molecule is c1ccc(-c2nc(-c3ccc(-c4ccc5c(c4)sc4ccccc45)cc3)nc(-c3cccc4cccc(-c5cccc6ccccc56)c34)n2)cc1. The molecule has 0 bridgehead atoms. The number of thiophene rings is 1. The first-order valence-corrected chi connectivity index (χ1v) is 17.9. The summed E-state index contributed by atoms with van der Waals surface area (Å²) in [6, 6.07) is 62.2. The Morgan fingerprint density at radius 2 is 0.863 bits per heavy atom. The van der Waals surface area contributed by atoms with Gasteiger partial charge in [0.2, 0.25) is 0 Å². The van der Waals surface area contributed by atoms with Crippen LogP contribution >= 0.6 is 11.3 Å². The van der Waals surface area contributed by atoms with Crippen LogP contribution in [-0.4, -0.2) is 15.0 Å². The van der Waals surface area contributed by atoms with Gasteiger partial charge in [-0.1, -0.05) is 164 Å². The third-order valence-electron chi connectivity index (χ3n) is 9.75. The fraction of sp³-hybridized carbons (Fsp3) is 0. The maximum Gasteiger partial charge on any atom is 0.164 e. The minimum Gasteiger partial charge on any atom is -0.208 e. The maximum atomic E-state index is 5.19. The molecule has 0 saturated carbocycles. The van der Waals surface area contributed by atoms with Crippen LogP contribution in [0.1, 0.15) is 0 Å². The molecule has 10 rings (SSSR count). The van der Waals surface area contributed by atoms with E-state index in [-0.39, 0.29) is 0 Å². The molecule has 0 amide bonds. The summed E-state index contributed by atoms with van der Waals surface area (Å²) in [6.45, 7) is 0. The molecule has 3 nitrogen and oxygen atoms in total. The molecule has 0 saturated heterocycles. The zero-order valence-electron chi connectivity index (χ0n) is 27.5. The van der Waals surface area contributed by atoms with Crippen molar-refractivity contribution in [1.82, 2.24) is 15.0 Å². The molecule has 0 aliphatic carbocycles. The van der Waals surface area contributed by atoms with E-state index in [4.69, 9.17) is 15.0 Å². The van der Waals surface area contributed by atoms with Crippen LogP contribution in [0.2, 0.25) is 0 Å². The molecule has 4 heteroatoms. The maximum absolute atomic E-state index is 5.19. The average Bonchev–Trinajstić information content (AvgIpc) is 3.58. The van der Waals surface area contributed by atoms with E-state index in [1.54, 1.807) is 0 Å². The van der Waals surface area contributed by atoms with Gasteiger partial charge in [-0.25, -0.2) is 15.0 Å². The molecule has 0 aliphatic rings. The summed E-state index contributed by atoms with van der Waals surface area (Å²) in [5.74, 6) is 1.94. The standard InChI is InChI=1S/C47H29N3S/c1-2-12-33(13-3-1)45-48-46(34-25-23-30(24-26-34)35-27-28-39-38-18-6-7-22-42(38)51-43(39)29-35)50-47(49-45)41-21-10-16-32-15-9-20-40(44(32)41)37-19-8-14-31-11-4-5-17-36(31)37/h1-29H. The second-order valence-corrected chi connectivity index (χ2v) is 13.9. The molecule has 0 unspecified atom stereocenters. The molecule has 0 atom stereocenters. The highest BCUT2D eigenvalue weighted by molar-refractivity contribution is 7.25. The Bertz CT molecular complexity index is 2900. The molecule has 51 heavy (non-hydrogen) atoms. The topological polar surface area (TPSA) is 38.7 Å². The van der Waals surface area contributed by atoms with Crippen molar-refractivity contribution in [2.75, 3.05) is 0 Å². The molecule has 238 valence electrons. The monoisotopic (exact) mass is 667 g/mol. The highest BCUT2D eigenvalue weighted by Crippen LogP contribution is 2.40. The van der Waals surface area contributed by atoms with Gasteiger partial charge in [0, 0.05) is 42.2 Å². The van der Waals surface area contributed by atoms with Gasteiger partial charge in [-0.05, 0) is 50.5 Å². The van der Waals surface area contributed by atoms with Gasteiger partial charge in [0.25, 0.3) is 0 Å². The normalized spacial score (nSPS) is 11.5. The van der Waals surface area contributed by atoms with Crippen molar-refractivity contribution in [2.24, 2.45) is 0 Å². The van der Waals surface area contributed by atoms with Gasteiger partial charge in [-0.15, -0.1) is 11.3 Å². The molecule has 2 aromatic heterocycles. The van der Waals surface area contributed by atoms with Crippen molar-refractivity contribution >= 4 is 53.1 Å². The Balaban J connectivity index is 1.12. The fourth-order valence-corrected chi connectivity index (χ4v) is 8.42. The number of rotatable bonds is 5. The van der Waals surface area contributed by atoms with Crippen LogP contribution in [0.5, 0.6) is 0 Å². The predicted octanol–water partition coefficient (Wildman–Crippen LogP) is 12.9. The van der Waals surface area contributed by atoms with Crippen molar-refractivity contribution < 1.29 is 0 Å². The predicted molar refractivity (Wildman–Crippen MR) is 215 cm³/mol. The van der Waals surface area contributed by atoms with E-state index in [1.807, 2.05) is 29.5 Å². The van der Waals surface area contributed by atoms with Crippen LogP contribution in [0.15, 0.2) is 176 Å². The van der Waals surface area contributed by atoms with Crippen LogP contribution in [0, 0.1) is 0 Å². The van der Waals surface area contributed by atoms with Crippen molar-refractivity contribution in [1.29, 1.82) is 0 Å². The Labute approximate surface area is 299 Å². The first-order chi connectivity index (χ1) is 25.3. The number of aromatic nitrogens is 3. The lowest BCUT2D eigenvalue weighted by Crippen LogP contribution is -2.01. The summed E-state index contributed by atoms with van der Waals surface area (Å²) >= 11 is 1.84. The second-order valence-electron chi connectivity index (χ2n) is 12.8. The smallest absolute Gasteiger partial charge is 0.164 e. The van der Waals surface area contributed by atoms with E-state index >= 15 is 0 Å². The van der Waals surface area contributed by atoms with Crippen LogP contribution in [-0.2, 0) is 0 Å². The third-order valence-corrected chi connectivity index (χ3v) is 10.9. The van der Waals surface area contributed by atoms with Crippen molar-refractivity contribution in [2.45, 2.75) is 0 Å². The molecule has 0 fully saturated rings. The summed E-state index contributed by atoms with van der Waals surface area (Å²) in [5, 5.41) is 7.31.